The first-order valence-corrected chi connectivity index (χ1v) is 10.1. The standard InChI is InChI=1S/C20H26F4N4/c1-11-7-8-25-10-15(11)16-9-12(2)26-19-17(21)18(27-28(16)19)13-3-5-14(6-4-13)20(22,23)24/h9,11,13-15,25H,3-8,10H2,1-2H3/t11?,13-,14-,15?. The van der Waals surface area contributed by atoms with Gasteiger partial charge in [-0.25, -0.2) is 13.9 Å². The minimum Gasteiger partial charge on any atom is -0.316 e. The summed E-state index contributed by atoms with van der Waals surface area (Å²) in [5.74, 6) is -1.41. The van der Waals surface area contributed by atoms with Gasteiger partial charge in [0.2, 0.25) is 0 Å². The molecule has 2 aliphatic rings. The maximum absolute atomic E-state index is 15.2. The summed E-state index contributed by atoms with van der Waals surface area (Å²) < 4.78 is 55.6. The molecule has 8 heteroatoms. The molecule has 2 fully saturated rings. The number of aryl methyl sites for hydroxylation is 1. The van der Waals surface area contributed by atoms with Crippen LogP contribution in [0.1, 0.15) is 67.9 Å². The highest BCUT2D eigenvalue weighted by molar-refractivity contribution is 5.45. The molecule has 2 aromatic heterocycles. The molecular formula is C20H26F4N4. The molecule has 1 saturated heterocycles. The Kier molecular flexibility index (Phi) is 5.10. The van der Waals surface area contributed by atoms with E-state index in [9.17, 15) is 13.2 Å². The van der Waals surface area contributed by atoms with E-state index in [0.717, 1.165) is 30.9 Å². The van der Waals surface area contributed by atoms with Crippen molar-refractivity contribution >= 4 is 5.65 Å². The van der Waals surface area contributed by atoms with Crippen LogP contribution in [0.2, 0.25) is 0 Å². The number of fused-ring (bicyclic) bond motifs is 1. The minimum atomic E-state index is -4.17. The number of rotatable bonds is 2. The lowest BCUT2D eigenvalue weighted by atomic mass is 9.80. The third-order valence-electron chi connectivity index (χ3n) is 6.50. The van der Waals surface area contributed by atoms with Crippen molar-refractivity contribution in [1.82, 2.24) is 19.9 Å². The van der Waals surface area contributed by atoms with Crippen LogP contribution in [-0.4, -0.2) is 33.9 Å². The van der Waals surface area contributed by atoms with E-state index >= 15 is 4.39 Å². The van der Waals surface area contributed by atoms with E-state index < -0.39 is 17.9 Å². The van der Waals surface area contributed by atoms with Gasteiger partial charge in [0.1, 0.15) is 5.69 Å². The number of nitrogens with zero attached hydrogens (tertiary/aromatic N) is 3. The maximum atomic E-state index is 15.2. The third-order valence-corrected chi connectivity index (χ3v) is 6.50. The van der Waals surface area contributed by atoms with Crippen molar-refractivity contribution in [3.05, 3.63) is 29.0 Å². The molecule has 1 aliphatic heterocycles. The van der Waals surface area contributed by atoms with E-state index in [-0.39, 0.29) is 36.0 Å². The average molecular weight is 398 g/mol. The molecule has 0 aromatic carbocycles. The van der Waals surface area contributed by atoms with Gasteiger partial charge in [0.05, 0.1) is 11.6 Å². The summed E-state index contributed by atoms with van der Waals surface area (Å²) in [4.78, 5) is 4.35. The quantitative estimate of drug-likeness (QED) is 0.744. The van der Waals surface area contributed by atoms with Gasteiger partial charge in [-0.1, -0.05) is 6.92 Å². The molecule has 0 radical (unpaired) electrons. The number of hydrogen-bond donors (Lipinski definition) is 1. The van der Waals surface area contributed by atoms with Crippen LogP contribution in [0.4, 0.5) is 17.6 Å². The molecule has 4 rings (SSSR count). The smallest absolute Gasteiger partial charge is 0.316 e. The highest BCUT2D eigenvalue weighted by Crippen LogP contribution is 2.43. The third kappa shape index (κ3) is 3.51. The zero-order valence-corrected chi connectivity index (χ0v) is 16.2. The van der Waals surface area contributed by atoms with Crippen LogP contribution in [-0.2, 0) is 0 Å². The average Bonchev–Trinajstić information content (AvgIpc) is 2.98. The van der Waals surface area contributed by atoms with E-state index in [1.165, 1.54) is 0 Å². The maximum Gasteiger partial charge on any atom is 0.391 e. The Labute approximate surface area is 161 Å². The number of halogens is 4. The number of nitrogens with one attached hydrogen (secondary N) is 1. The lowest BCUT2D eigenvalue weighted by Gasteiger charge is -2.30. The summed E-state index contributed by atoms with van der Waals surface area (Å²) in [6.07, 6.45) is -2.46. The molecule has 2 atom stereocenters. The Balaban J connectivity index is 1.68. The first-order chi connectivity index (χ1) is 13.3. The van der Waals surface area contributed by atoms with Crippen LogP contribution in [0.25, 0.3) is 5.65 Å². The van der Waals surface area contributed by atoms with Gasteiger partial charge in [0, 0.05) is 24.1 Å². The molecule has 2 aromatic rings. The summed E-state index contributed by atoms with van der Waals surface area (Å²) in [6, 6.07) is 1.96. The van der Waals surface area contributed by atoms with E-state index in [1.54, 1.807) is 4.52 Å². The van der Waals surface area contributed by atoms with Gasteiger partial charge in [-0.15, -0.1) is 0 Å². The van der Waals surface area contributed by atoms with E-state index in [1.807, 2.05) is 13.0 Å². The van der Waals surface area contributed by atoms with Crippen molar-refractivity contribution in [3.8, 4) is 0 Å². The molecule has 0 bridgehead atoms. The highest BCUT2D eigenvalue weighted by Gasteiger charge is 2.42. The minimum absolute atomic E-state index is 0.0321. The summed E-state index contributed by atoms with van der Waals surface area (Å²) in [5.41, 5.74) is 2.12. The van der Waals surface area contributed by atoms with Gasteiger partial charge >= 0.3 is 6.18 Å². The van der Waals surface area contributed by atoms with Crippen molar-refractivity contribution in [2.45, 2.75) is 64.0 Å². The lowest BCUT2D eigenvalue weighted by Crippen LogP contribution is -2.35. The van der Waals surface area contributed by atoms with E-state index in [0.29, 0.717) is 18.8 Å². The normalized spacial score (nSPS) is 29.4. The van der Waals surface area contributed by atoms with Crippen molar-refractivity contribution in [2.75, 3.05) is 13.1 Å². The second kappa shape index (κ2) is 7.28. The Morgan fingerprint density at radius 3 is 2.50 bits per heavy atom. The molecule has 3 heterocycles. The topological polar surface area (TPSA) is 42.2 Å². The highest BCUT2D eigenvalue weighted by atomic mass is 19.4. The number of aromatic nitrogens is 3. The van der Waals surface area contributed by atoms with Crippen LogP contribution in [0.5, 0.6) is 0 Å². The predicted molar refractivity (Wildman–Crippen MR) is 97.8 cm³/mol. The first-order valence-electron chi connectivity index (χ1n) is 10.1. The molecule has 0 amide bonds. The first kappa shape index (κ1) is 19.6. The van der Waals surface area contributed by atoms with Crippen LogP contribution < -0.4 is 5.32 Å². The Bertz CT molecular complexity index is 852. The number of hydrogen-bond acceptors (Lipinski definition) is 3. The fourth-order valence-corrected chi connectivity index (χ4v) is 4.76. The Morgan fingerprint density at radius 2 is 1.86 bits per heavy atom. The van der Waals surface area contributed by atoms with Crippen LogP contribution in [0.15, 0.2) is 6.07 Å². The zero-order chi connectivity index (χ0) is 20.1. The molecular weight excluding hydrogens is 372 g/mol. The molecule has 2 unspecified atom stereocenters. The molecule has 1 aliphatic carbocycles. The fraction of sp³-hybridized carbons (Fsp3) is 0.700. The van der Waals surface area contributed by atoms with E-state index in [2.05, 4.69) is 22.3 Å². The summed E-state index contributed by atoms with van der Waals surface area (Å²) in [7, 11) is 0. The lowest BCUT2D eigenvalue weighted by molar-refractivity contribution is -0.182. The Morgan fingerprint density at radius 1 is 1.14 bits per heavy atom. The number of alkyl halides is 3. The van der Waals surface area contributed by atoms with Crippen molar-refractivity contribution < 1.29 is 17.6 Å². The van der Waals surface area contributed by atoms with Crippen LogP contribution in [0.3, 0.4) is 0 Å². The van der Waals surface area contributed by atoms with Gasteiger partial charge in [-0.3, -0.25) is 0 Å². The zero-order valence-electron chi connectivity index (χ0n) is 16.2. The summed E-state index contributed by atoms with van der Waals surface area (Å²) in [5, 5.41) is 7.93. The van der Waals surface area contributed by atoms with Gasteiger partial charge in [0.15, 0.2) is 11.5 Å². The SMILES string of the molecule is Cc1cc(C2CNCCC2C)n2nc([C@H]3CC[C@H](C(F)(F)F)CC3)c(F)c2n1. The van der Waals surface area contributed by atoms with Crippen molar-refractivity contribution in [1.29, 1.82) is 0 Å². The molecule has 154 valence electrons. The van der Waals surface area contributed by atoms with Crippen molar-refractivity contribution in [2.24, 2.45) is 11.8 Å². The largest absolute Gasteiger partial charge is 0.391 e. The van der Waals surface area contributed by atoms with Crippen LogP contribution in [0, 0.1) is 24.6 Å². The predicted octanol–water partition coefficient (Wildman–Crippen LogP) is 4.73. The van der Waals surface area contributed by atoms with Gasteiger partial charge < -0.3 is 5.32 Å². The fourth-order valence-electron chi connectivity index (χ4n) is 4.76. The van der Waals surface area contributed by atoms with Crippen LogP contribution >= 0.6 is 0 Å². The molecule has 4 nitrogen and oxygen atoms in total. The molecule has 28 heavy (non-hydrogen) atoms. The van der Waals surface area contributed by atoms with Gasteiger partial charge in [0.25, 0.3) is 0 Å². The second-order valence-corrected chi connectivity index (χ2v) is 8.42. The summed E-state index contributed by atoms with van der Waals surface area (Å²) in [6.45, 7) is 5.79. The molecule has 1 saturated carbocycles. The monoisotopic (exact) mass is 398 g/mol. The number of piperidine rings is 1. The van der Waals surface area contributed by atoms with Gasteiger partial charge in [-0.2, -0.15) is 18.3 Å². The molecule has 0 spiro atoms. The Hall–Kier alpha value is -1.70. The second-order valence-electron chi connectivity index (χ2n) is 8.42. The van der Waals surface area contributed by atoms with E-state index in [4.69, 9.17) is 0 Å². The van der Waals surface area contributed by atoms with Gasteiger partial charge in [-0.05, 0) is 57.6 Å². The van der Waals surface area contributed by atoms with Crippen molar-refractivity contribution in [3.63, 3.8) is 0 Å². The molecule has 1 N–H and O–H groups in total. The summed E-state index contributed by atoms with van der Waals surface area (Å²) >= 11 is 0.